The molecule has 5 nitrogen and oxygen atoms in total. The Labute approximate surface area is 171 Å². The van der Waals surface area contributed by atoms with Crippen molar-refractivity contribution >= 4 is 11.8 Å². The van der Waals surface area contributed by atoms with Crippen LogP contribution in [0.1, 0.15) is 52.0 Å². The Morgan fingerprint density at radius 2 is 1.76 bits per heavy atom. The molecule has 1 N–H and O–H groups in total. The highest BCUT2D eigenvalue weighted by Gasteiger charge is 2.39. The van der Waals surface area contributed by atoms with Crippen LogP contribution < -0.4 is 5.32 Å². The summed E-state index contributed by atoms with van der Waals surface area (Å²) in [5.74, 6) is 0.0984. The molecular weight excluding hydrogens is 362 g/mol. The van der Waals surface area contributed by atoms with Gasteiger partial charge in [-0.1, -0.05) is 24.6 Å². The van der Waals surface area contributed by atoms with E-state index in [0.29, 0.717) is 18.2 Å². The lowest BCUT2D eigenvalue weighted by Crippen LogP contribution is -2.42. The van der Waals surface area contributed by atoms with Gasteiger partial charge in [-0.25, -0.2) is 0 Å². The van der Waals surface area contributed by atoms with Crippen molar-refractivity contribution < 1.29 is 9.59 Å². The molecule has 5 rings (SSSR count). The topological polar surface area (TPSA) is 52.7 Å². The molecule has 2 heterocycles. The molecular formula is C24H27N3O2. The summed E-state index contributed by atoms with van der Waals surface area (Å²) in [6.07, 6.45) is 5.09. The zero-order chi connectivity index (χ0) is 20.0. The predicted octanol–water partition coefficient (Wildman–Crippen LogP) is 3.30. The van der Waals surface area contributed by atoms with Gasteiger partial charge < -0.3 is 10.2 Å². The normalized spacial score (nSPS) is 21.9. The minimum Gasteiger partial charge on any atom is -0.355 e. The first-order chi connectivity index (χ1) is 14.1. The van der Waals surface area contributed by atoms with Gasteiger partial charge in [0.2, 0.25) is 0 Å². The second-order valence-corrected chi connectivity index (χ2v) is 8.48. The van der Waals surface area contributed by atoms with Gasteiger partial charge in [-0.05, 0) is 60.2 Å². The minimum atomic E-state index is -0.0840. The summed E-state index contributed by atoms with van der Waals surface area (Å²) in [5.41, 5.74) is 4.76. The van der Waals surface area contributed by atoms with Crippen LogP contribution in [0.2, 0.25) is 0 Å². The summed E-state index contributed by atoms with van der Waals surface area (Å²) < 4.78 is 0. The van der Waals surface area contributed by atoms with Crippen molar-refractivity contribution in [2.24, 2.45) is 0 Å². The number of carbonyl (C=O) groups is 2. The Morgan fingerprint density at radius 3 is 2.45 bits per heavy atom. The number of amides is 2. The molecule has 29 heavy (non-hydrogen) atoms. The maximum absolute atomic E-state index is 13.0. The molecule has 2 aliphatic heterocycles. The van der Waals surface area contributed by atoms with Gasteiger partial charge in [0.15, 0.2) is 0 Å². The number of benzene rings is 2. The van der Waals surface area contributed by atoms with E-state index in [-0.39, 0.29) is 11.8 Å². The lowest BCUT2D eigenvalue weighted by Gasteiger charge is -2.35. The van der Waals surface area contributed by atoms with Crippen molar-refractivity contribution in [1.82, 2.24) is 15.1 Å². The number of fused-ring (bicyclic) bond motifs is 1. The summed E-state index contributed by atoms with van der Waals surface area (Å²) >= 11 is 0. The molecule has 0 bridgehead atoms. The quantitative estimate of drug-likeness (QED) is 0.873. The summed E-state index contributed by atoms with van der Waals surface area (Å²) in [4.78, 5) is 29.4. The van der Waals surface area contributed by atoms with Crippen LogP contribution in [0.4, 0.5) is 0 Å². The number of hydrogen-bond donors (Lipinski definition) is 1. The van der Waals surface area contributed by atoms with Gasteiger partial charge in [-0.2, -0.15) is 0 Å². The van der Waals surface area contributed by atoms with Crippen LogP contribution >= 0.6 is 0 Å². The van der Waals surface area contributed by atoms with Gasteiger partial charge >= 0.3 is 0 Å². The van der Waals surface area contributed by atoms with Gasteiger partial charge in [0.05, 0.1) is 0 Å². The molecule has 2 aromatic carbocycles. The number of nitrogens with one attached hydrogen (secondary N) is 1. The molecule has 1 saturated heterocycles. The average molecular weight is 389 g/mol. The third-order valence-corrected chi connectivity index (χ3v) is 6.87. The van der Waals surface area contributed by atoms with E-state index >= 15 is 0 Å². The first kappa shape index (κ1) is 18.4. The van der Waals surface area contributed by atoms with E-state index in [9.17, 15) is 9.59 Å². The first-order valence-electron chi connectivity index (χ1n) is 10.6. The zero-order valence-electron chi connectivity index (χ0n) is 16.9. The van der Waals surface area contributed by atoms with E-state index in [2.05, 4.69) is 21.2 Å². The van der Waals surface area contributed by atoms with Crippen LogP contribution in [0, 0.1) is 0 Å². The third kappa shape index (κ3) is 3.23. The SMILES string of the molecule is CNC(=O)c1ccc(-c2ccc3c(c2)CN([C@@H]2CCN(C4CCC4)C2)C3=O)cc1. The maximum Gasteiger partial charge on any atom is 0.254 e. The molecule has 0 radical (unpaired) electrons. The molecule has 3 aliphatic rings. The summed E-state index contributed by atoms with van der Waals surface area (Å²) in [6.45, 7) is 2.86. The number of carbonyl (C=O) groups excluding carboxylic acids is 2. The zero-order valence-corrected chi connectivity index (χ0v) is 16.9. The Balaban J connectivity index is 1.32. The first-order valence-corrected chi connectivity index (χ1v) is 10.6. The van der Waals surface area contributed by atoms with Gasteiger partial charge in [0, 0.05) is 49.9 Å². The summed E-state index contributed by atoms with van der Waals surface area (Å²) in [7, 11) is 1.63. The van der Waals surface area contributed by atoms with Crippen molar-refractivity contribution in [2.75, 3.05) is 20.1 Å². The summed E-state index contributed by atoms with van der Waals surface area (Å²) in [6, 6.07) is 14.8. The molecule has 0 aromatic heterocycles. The molecule has 1 aliphatic carbocycles. The molecule has 0 unspecified atom stereocenters. The van der Waals surface area contributed by atoms with Crippen LogP contribution in [0.5, 0.6) is 0 Å². The van der Waals surface area contributed by atoms with E-state index in [1.165, 1.54) is 19.3 Å². The maximum atomic E-state index is 13.0. The highest BCUT2D eigenvalue weighted by atomic mass is 16.2. The molecule has 150 valence electrons. The number of nitrogens with zero attached hydrogens (tertiary/aromatic N) is 2. The Morgan fingerprint density at radius 1 is 1.00 bits per heavy atom. The van der Waals surface area contributed by atoms with Gasteiger partial charge in [-0.3, -0.25) is 14.5 Å². The molecule has 1 atom stereocenters. The highest BCUT2D eigenvalue weighted by Crippen LogP contribution is 2.34. The molecule has 2 aromatic rings. The van der Waals surface area contributed by atoms with Crippen LogP contribution in [-0.2, 0) is 6.54 Å². The second-order valence-electron chi connectivity index (χ2n) is 8.48. The average Bonchev–Trinajstić information content (AvgIpc) is 3.31. The molecule has 5 heteroatoms. The predicted molar refractivity (Wildman–Crippen MR) is 113 cm³/mol. The lowest BCUT2D eigenvalue weighted by molar-refractivity contribution is 0.0689. The van der Waals surface area contributed by atoms with E-state index in [0.717, 1.165) is 47.8 Å². The summed E-state index contributed by atoms with van der Waals surface area (Å²) in [5, 5.41) is 2.64. The third-order valence-electron chi connectivity index (χ3n) is 6.87. The molecule has 2 amide bonds. The van der Waals surface area contributed by atoms with Crippen molar-refractivity contribution in [3.05, 3.63) is 59.2 Å². The van der Waals surface area contributed by atoms with Crippen molar-refractivity contribution in [3.63, 3.8) is 0 Å². The van der Waals surface area contributed by atoms with Crippen LogP contribution in [0.15, 0.2) is 42.5 Å². The molecule has 1 saturated carbocycles. The highest BCUT2D eigenvalue weighted by molar-refractivity contribution is 5.99. The minimum absolute atomic E-state index is 0.0840. The smallest absolute Gasteiger partial charge is 0.254 e. The Kier molecular flexibility index (Phi) is 4.63. The van der Waals surface area contributed by atoms with Crippen LogP contribution in [0.3, 0.4) is 0 Å². The molecule has 2 fully saturated rings. The van der Waals surface area contributed by atoms with Gasteiger partial charge in [0.25, 0.3) is 11.8 Å². The van der Waals surface area contributed by atoms with Gasteiger partial charge in [0.1, 0.15) is 0 Å². The van der Waals surface area contributed by atoms with Crippen molar-refractivity contribution in [2.45, 2.75) is 44.3 Å². The number of likely N-dealkylation sites (tertiary alicyclic amines) is 1. The van der Waals surface area contributed by atoms with E-state index in [1.807, 2.05) is 36.4 Å². The van der Waals surface area contributed by atoms with Gasteiger partial charge in [-0.15, -0.1) is 0 Å². The molecule has 0 spiro atoms. The fraction of sp³-hybridized carbons (Fsp3) is 0.417. The van der Waals surface area contributed by atoms with Crippen molar-refractivity contribution in [1.29, 1.82) is 0 Å². The standard InChI is InChI=1S/C24H27N3O2/c1-25-23(28)17-7-5-16(6-8-17)18-9-10-22-19(13-18)14-27(24(22)29)21-11-12-26(15-21)20-3-2-4-20/h5-10,13,20-21H,2-4,11-12,14-15H2,1H3,(H,25,28)/t21-/m1/s1. The van der Waals surface area contributed by atoms with Crippen molar-refractivity contribution in [3.8, 4) is 11.1 Å². The fourth-order valence-electron chi connectivity index (χ4n) is 4.88. The Hall–Kier alpha value is -2.66. The Bertz CT molecular complexity index is 949. The fourth-order valence-corrected chi connectivity index (χ4v) is 4.88. The van der Waals surface area contributed by atoms with E-state index in [1.54, 1.807) is 7.05 Å². The van der Waals surface area contributed by atoms with Crippen LogP contribution in [-0.4, -0.2) is 53.8 Å². The van der Waals surface area contributed by atoms with E-state index < -0.39 is 0 Å². The number of hydrogen-bond acceptors (Lipinski definition) is 3. The number of rotatable bonds is 4. The van der Waals surface area contributed by atoms with E-state index in [4.69, 9.17) is 0 Å². The second kappa shape index (κ2) is 7.30. The monoisotopic (exact) mass is 389 g/mol. The lowest BCUT2D eigenvalue weighted by atomic mass is 9.92. The van der Waals surface area contributed by atoms with Crippen LogP contribution in [0.25, 0.3) is 11.1 Å². The largest absolute Gasteiger partial charge is 0.355 e.